The molecule has 0 amide bonds. The molecule has 1 aromatic carbocycles. The Bertz CT molecular complexity index is 589. The molecule has 2 heterocycles. The Morgan fingerprint density at radius 3 is 3.10 bits per heavy atom. The van der Waals surface area contributed by atoms with Gasteiger partial charge in [0.2, 0.25) is 0 Å². The van der Waals surface area contributed by atoms with Gasteiger partial charge in [0.25, 0.3) is 0 Å². The van der Waals surface area contributed by atoms with E-state index in [9.17, 15) is 0 Å². The van der Waals surface area contributed by atoms with Gasteiger partial charge in [-0.3, -0.25) is 0 Å². The van der Waals surface area contributed by atoms with Crippen LogP contribution >= 0.6 is 0 Å². The van der Waals surface area contributed by atoms with E-state index in [0.717, 1.165) is 36.4 Å². The van der Waals surface area contributed by atoms with Crippen LogP contribution in [0.2, 0.25) is 0 Å². The van der Waals surface area contributed by atoms with Crippen LogP contribution in [-0.4, -0.2) is 32.9 Å². The number of nitrogens with zero attached hydrogens (tertiary/aromatic N) is 4. The molecule has 1 aromatic heterocycles. The van der Waals surface area contributed by atoms with Gasteiger partial charge in [-0.1, -0.05) is 6.07 Å². The Hall–Kier alpha value is -1.95. The summed E-state index contributed by atoms with van der Waals surface area (Å²) in [5.74, 6) is 0.754. The van der Waals surface area contributed by atoms with E-state index in [1.807, 2.05) is 29.8 Å². The first kappa shape index (κ1) is 13.1. The standard InChI is InChI=1S/C14H19N5O/c1-10-5-6-11(15)8-13(10)14-16-17-18-19(14)9-12-4-2-3-7-20-12/h5-6,8,12H,2-4,7,9,15H2,1H3. The quantitative estimate of drug-likeness (QED) is 0.863. The second kappa shape index (κ2) is 5.58. The number of hydrogen-bond donors (Lipinski definition) is 1. The Kier molecular flexibility index (Phi) is 3.64. The molecule has 0 bridgehead atoms. The molecule has 1 fully saturated rings. The van der Waals surface area contributed by atoms with E-state index >= 15 is 0 Å². The molecule has 1 saturated heterocycles. The van der Waals surface area contributed by atoms with Crippen molar-refractivity contribution < 1.29 is 4.74 Å². The molecular formula is C14H19N5O. The van der Waals surface area contributed by atoms with Crippen molar-refractivity contribution in [2.45, 2.75) is 38.8 Å². The Morgan fingerprint density at radius 1 is 1.40 bits per heavy atom. The van der Waals surface area contributed by atoms with E-state index < -0.39 is 0 Å². The third-order valence-electron chi connectivity index (χ3n) is 3.68. The molecule has 0 spiro atoms. The SMILES string of the molecule is Cc1ccc(N)cc1-c1nnnn1CC1CCCCO1. The van der Waals surface area contributed by atoms with Crippen molar-refractivity contribution in [3.8, 4) is 11.4 Å². The van der Waals surface area contributed by atoms with Crippen LogP contribution in [0.25, 0.3) is 11.4 Å². The molecule has 0 aliphatic carbocycles. The predicted molar refractivity (Wildman–Crippen MR) is 76.0 cm³/mol. The van der Waals surface area contributed by atoms with Crippen molar-refractivity contribution in [1.82, 2.24) is 20.2 Å². The van der Waals surface area contributed by atoms with Crippen molar-refractivity contribution >= 4 is 5.69 Å². The summed E-state index contributed by atoms with van der Waals surface area (Å²) in [4.78, 5) is 0. The van der Waals surface area contributed by atoms with Gasteiger partial charge in [0.05, 0.1) is 12.6 Å². The number of nitrogen functional groups attached to an aromatic ring is 1. The van der Waals surface area contributed by atoms with Crippen LogP contribution in [0.1, 0.15) is 24.8 Å². The average molecular weight is 273 g/mol. The fourth-order valence-corrected chi connectivity index (χ4v) is 2.55. The number of ether oxygens (including phenoxy) is 1. The highest BCUT2D eigenvalue weighted by molar-refractivity contribution is 5.65. The highest BCUT2D eigenvalue weighted by Gasteiger charge is 2.18. The lowest BCUT2D eigenvalue weighted by atomic mass is 10.1. The van der Waals surface area contributed by atoms with E-state index in [4.69, 9.17) is 10.5 Å². The minimum absolute atomic E-state index is 0.201. The predicted octanol–water partition coefficient (Wildman–Crippen LogP) is 1.80. The monoisotopic (exact) mass is 273 g/mol. The lowest BCUT2D eigenvalue weighted by molar-refractivity contribution is 0.00397. The number of aromatic nitrogens is 4. The topological polar surface area (TPSA) is 78.9 Å². The fourth-order valence-electron chi connectivity index (χ4n) is 2.55. The van der Waals surface area contributed by atoms with Crippen molar-refractivity contribution in [2.24, 2.45) is 0 Å². The number of rotatable bonds is 3. The molecule has 0 radical (unpaired) electrons. The smallest absolute Gasteiger partial charge is 0.182 e. The highest BCUT2D eigenvalue weighted by Crippen LogP contribution is 2.24. The third kappa shape index (κ3) is 2.65. The zero-order chi connectivity index (χ0) is 13.9. The first-order valence-corrected chi connectivity index (χ1v) is 6.98. The summed E-state index contributed by atoms with van der Waals surface area (Å²) in [6.45, 7) is 3.56. The Labute approximate surface area is 117 Å². The molecule has 1 aliphatic heterocycles. The summed E-state index contributed by atoms with van der Waals surface area (Å²) in [7, 11) is 0. The number of aryl methyl sites for hydroxylation is 1. The summed E-state index contributed by atoms with van der Waals surface area (Å²) in [5, 5.41) is 12.0. The highest BCUT2D eigenvalue weighted by atomic mass is 16.5. The van der Waals surface area contributed by atoms with Crippen LogP contribution < -0.4 is 5.73 Å². The molecule has 106 valence electrons. The summed E-state index contributed by atoms with van der Waals surface area (Å²) < 4.78 is 7.57. The minimum Gasteiger partial charge on any atom is -0.399 e. The average Bonchev–Trinajstić information content (AvgIpc) is 2.91. The molecule has 0 saturated carbocycles. The maximum absolute atomic E-state index is 5.87. The molecule has 1 atom stereocenters. The van der Waals surface area contributed by atoms with E-state index in [1.54, 1.807) is 0 Å². The lowest BCUT2D eigenvalue weighted by Crippen LogP contribution is -2.25. The molecule has 6 heteroatoms. The number of anilines is 1. The molecule has 1 aliphatic rings. The van der Waals surface area contributed by atoms with Crippen LogP contribution in [0.5, 0.6) is 0 Å². The van der Waals surface area contributed by atoms with E-state index in [-0.39, 0.29) is 6.10 Å². The van der Waals surface area contributed by atoms with Gasteiger partial charge < -0.3 is 10.5 Å². The van der Waals surface area contributed by atoms with Crippen molar-refractivity contribution in [3.05, 3.63) is 23.8 Å². The number of tetrazole rings is 1. The molecule has 1 unspecified atom stereocenters. The lowest BCUT2D eigenvalue weighted by Gasteiger charge is -2.22. The van der Waals surface area contributed by atoms with Crippen LogP contribution in [0.3, 0.4) is 0 Å². The second-order valence-corrected chi connectivity index (χ2v) is 5.25. The van der Waals surface area contributed by atoms with Gasteiger partial charge in [0, 0.05) is 17.9 Å². The van der Waals surface area contributed by atoms with Gasteiger partial charge in [0.15, 0.2) is 5.82 Å². The van der Waals surface area contributed by atoms with E-state index in [2.05, 4.69) is 15.5 Å². The summed E-state index contributed by atoms with van der Waals surface area (Å²) in [6.07, 6.45) is 3.62. The molecular weight excluding hydrogens is 254 g/mol. The van der Waals surface area contributed by atoms with Crippen LogP contribution in [0.4, 0.5) is 5.69 Å². The molecule has 6 nitrogen and oxygen atoms in total. The molecule has 3 rings (SSSR count). The zero-order valence-corrected chi connectivity index (χ0v) is 11.6. The Morgan fingerprint density at radius 2 is 2.30 bits per heavy atom. The zero-order valence-electron chi connectivity index (χ0n) is 11.6. The number of nitrogens with two attached hydrogens (primary N) is 1. The van der Waals surface area contributed by atoms with E-state index in [0.29, 0.717) is 12.2 Å². The molecule has 2 aromatic rings. The van der Waals surface area contributed by atoms with Crippen LogP contribution in [0.15, 0.2) is 18.2 Å². The fraction of sp³-hybridized carbons (Fsp3) is 0.500. The first-order valence-electron chi connectivity index (χ1n) is 6.98. The van der Waals surface area contributed by atoms with Gasteiger partial charge in [-0.05, 0) is 54.3 Å². The van der Waals surface area contributed by atoms with E-state index in [1.165, 1.54) is 6.42 Å². The third-order valence-corrected chi connectivity index (χ3v) is 3.68. The maximum Gasteiger partial charge on any atom is 0.182 e. The minimum atomic E-state index is 0.201. The normalized spacial score (nSPS) is 19.1. The van der Waals surface area contributed by atoms with Crippen molar-refractivity contribution in [1.29, 1.82) is 0 Å². The van der Waals surface area contributed by atoms with Crippen molar-refractivity contribution in [3.63, 3.8) is 0 Å². The summed E-state index contributed by atoms with van der Waals surface area (Å²) in [6, 6.07) is 5.79. The van der Waals surface area contributed by atoms with Gasteiger partial charge in [-0.25, -0.2) is 4.68 Å². The van der Waals surface area contributed by atoms with Gasteiger partial charge in [-0.15, -0.1) is 5.10 Å². The summed E-state index contributed by atoms with van der Waals surface area (Å²) in [5.41, 5.74) is 8.67. The second-order valence-electron chi connectivity index (χ2n) is 5.25. The van der Waals surface area contributed by atoms with Crippen LogP contribution in [-0.2, 0) is 11.3 Å². The summed E-state index contributed by atoms with van der Waals surface area (Å²) >= 11 is 0. The van der Waals surface area contributed by atoms with Crippen LogP contribution in [0, 0.1) is 6.92 Å². The maximum atomic E-state index is 5.87. The van der Waals surface area contributed by atoms with Gasteiger partial charge >= 0.3 is 0 Å². The largest absolute Gasteiger partial charge is 0.399 e. The number of hydrogen-bond acceptors (Lipinski definition) is 5. The van der Waals surface area contributed by atoms with Crippen molar-refractivity contribution in [2.75, 3.05) is 12.3 Å². The van der Waals surface area contributed by atoms with Gasteiger partial charge in [0.1, 0.15) is 0 Å². The van der Waals surface area contributed by atoms with Gasteiger partial charge in [-0.2, -0.15) is 0 Å². The Balaban J connectivity index is 1.87. The number of benzene rings is 1. The first-order chi connectivity index (χ1) is 9.74. The molecule has 20 heavy (non-hydrogen) atoms. The molecule has 2 N–H and O–H groups in total.